The number of rotatable bonds is 6. The van der Waals surface area contributed by atoms with Crippen LogP contribution in [0, 0.1) is 12.3 Å². The SMILES string of the molecule is C#CC(CCC)NCCOC(C)(C)C. The van der Waals surface area contributed by atoms with Crippen LogP contribution >= 0.6 is 0 Å². The van der Waals surface area contributed by atoms with Crippen LogP contribution in [-0.2, 0) is 4.74 Å². The highest BCUT2D eigenvalue weighted by Crippen LogP contribution is 2.05. The van der Waals surface area contributed by atoms with Gasteiger partial charge in [-0.15, -0.1) is 6.42 Å². The molecule has 0 aliphatic rings. The normalized spacial score (nSPS) is 13.6. The zero-order chi connectivity index (χ0) is 11.0. The van der Waals surface area contributed by atoms with Crippen molar-refractivity contribution in [1.82, 2.24) is 5.32 Å². The molecule has 14 heavy (non-hydrogen) atoms. The maximum Gasteiger partial charge on any atom is 0.0687 e. The third kappa shape index (κ3) is 8.10. The standard InChI is InChI=1S/C12H23NO/c1-6-8-11(7-2)13-9-10-14-12(3,4)5/h2,11,13H,6,8-10H2,1,3-5H3. The summed E-state index contributed by atoms with van der Waals surface area (Å²) in [5.74, 6) is 2.73. The predicted molar refractivity (Wildman–Crippen MR) is 61.2 cm³/mol. The van der Waals surface area contributed by atoms with Gasteiger partial charge in [0.2, 0.25) is 0 Å². The van der Waals surface area contributed by atoms with Gasteiger partial charge in [0.1, 0.15) is 0 Å². The number of nitrogens with one attached hydrogen (secondary N) is 1. The average Bonchev–Trinajstić information content (AvgIpc) is 2.08. The van der Waals surface area contributed by atoms with E-state index in [2.05, 4.69) is 38.9 Å². The molecule has 0 aliphatic heterocycles. The maximum absolute atomic E-state index is 5.57. The van der Waals surface area contributed by atoms with E-state index in [0.29, 0.717) is 6.61 Å². The lowest BCUT2D eigenvalue weighted by Gasteiger charge is -2.20. The summed E-state index contributed by atoms with van der Waals surface area (Å²) in [4.78, 5) is 0. The Bertz CT molecular complexity index is 176. The van der Waals surface area contributed by atoms with Gasteiger partial charge in [0.05, 0.1) is 18.2 Å². The molecule has 0 amide bonds. The quantitative estimate of drug-likeness (QED) is 0.520. The van der Waals surface area contributed by atoms with E-state index in [1.165, 1.54) is 0 Å². The minimum Gasteiger partial charge on any atom is -0.375 e. The van der Waals surface area contributed by atoms with Gasteiger partial charge >= 0.3 is 0 Å². The second kappa shape index (κ2) is 6.86. The van der Waals surface area contributed by atoms with E-state index in [1.807, 2.05) is 0 Å². The van der Waals surface area contributed by atoms with Gasteiger partial charge in [-0.25, -0.2) is 0 Å². The van der Waals surface area contributed by atoms with Crippen molar-refractivity contribution in [3.8, 4) is 12.3 Å². The molecule has 2 nitrogen and oxygen atoms in total. The summed E-state index contributed by atoms with van der Waals surface area (Å²) < 4.78 is 5.57. The molecule has 0 saturated heterocycles. The Morgan fingerprint density at radius 1 is 1.43 bits per heavy atom. The smallest absolute Gasteiger partial charge is 0.0687 e. The highest BCUT2D eigenvalue weighted by atomic mass is 16.5. The molecule has 0 aromatic heterocycles. The fourth-order valence-corrected chi connectivity index (χ4v) is 1.12. The van der Waals surface area contributed by atoms with Gasteiger partial charge in [-0.2, -0.15) is 0 Å². The maximum atomic E-state index is 5.57. The first kappa shape index (κ1) is 13.5. The van der Waals surface area contributed by atoms with Crippen molar-refractivity contribution in [2.45, 2.75) is 52.2 Å². The molecule has 0 radical (unpaired) electrons. The van der Waals surface area contributed by atoms with Crippen molar-refractivity contribution < 1.29 is 4.74 Å². The van der Waals surface area contributed by atoms with Crippen LogP contribution in [0.3, 0.4) is 0 Å². The fourth-order valence-electron chi connectivity index (χ4n) is 1.12. The fraction of sp³-hybridized carbons (Fsp3) is 0.833. The zero-order valence-electron chi connectivity index (χ0n) is 9.89. The Labute approximate surface area is 88.4 Å². The zero-order valence-corrected chi connectivity index (χ0v) is 9.89. The van der Waals surface area contributed by atoms with Crippen LogP contribution in [0.2, 0.25) is 0 Å². The molecular formula is C12H23NO. The Morgan fingerprint density at radius 3 is 2.50 bits per heavy atom. The molecule has 2 heteroatoms. The van der Waals surface area contributed by atoms with Crippen LogP contribution in [0.15, 0.2) is 0 Å². The van der Waals surface area contributed by atoms with Crippen molar-refractivity contribution in [2.75, 3.05) is 13.2 Å². The minimum atomic E-state index is -0.0575. The second-order valence-corrected chi connectivity index (χ2v) is 4.42. The molecule has 1 N–H and O–H groups in total. The molecule has 0 rings (SSSR count). The molecule has 0 aromatic carbocycles. The monoisotopic (exact) mass is 197 g/mol. The molecule has 1 unspecified atom stereocenters. The summed E-state index contributed by atoms with van der Waals surface area (Å²) in [5, 5.41) is 3.28. The van der Waals surface area contributed by atoms with Crippen LogP contribution in [0.4, 0.5) is 0 Å². The van der Waals surface area contributed by atoms with E-state index in [9.17, 15) is 0 Å². The summed E-state index contributed by atoms with van der Waals surface area (Å²) in [6.45, 7) is 9.84. The lowest BCUT2D eigenvalue weighted by molar-refractivity contribution is -0.00123. The van der Waals surface area contributed by atoms with Gasteiger partial charge in [0.25, 0.3) is 0 Å². The molecule has 0 spiro atoms. The number of hydrogen-bond acceptors (Lipinski definition) is 2. The van der Waals surface area contributed by atoms with Gasteiger partial charge in [-0.05, 0) is 27.2 Å². The van der Waals surface area contributed by atoms with Gasteiger partial charge in [-0.1, -0.05) is 19.3 Å². The van der Waals surface area contributed by atoms with E-state index in [-0.39, 0.29) is 11.6 Å². The number of ether oxygens (including phenoxy) is 1. The molecule has 1 atom stereocenters. The Balaban J connectivity index is 3.48. The van der Waals surface area contributed by atoms with E-state index in [4.69, 9.17) is 11.2 Å². The van der Waals surface area contributed by atoms with Crippen LogP contribution < -0.4 is 5.32 Å². The van der Waals surface area contributed by atoms with E-state index < -0.39 is 0 Å². The first-order valence-corrected chi connectivity index (χ1v) is 5.33. The molecule has 82 valence electrons. The van der Waals surface area contributed by atoms with Gasteiger partial charge in [0.15, 0.2) is 0 Å². The lowest BCUT2D eigenvalue weighted by atomic mass is 10.2. The lowest BCUT2D eigenvalue weighted by Crippen LogP contribution is -2.32. The Hall–Kier alpha value is -0.520. The van der Waals surface area contributed by atoms with Crippen LogP contribution in [0.25, 0.3) is 0 Å². The van der Waals surface area contributed by atoms with Crippen LogP contribution in [0.1, 0.15) is 40.5 Å². The molecule has 0 heterocycles. The molecular weight excluding hydrogens is 174 g/mol. The van der Waals surface area contributed by atoms with Gasteiger partial charge in [-0.3, -0.25) is 0 Å². The largest absolute Gasteiger partial charge is 0.375 e. The van der Waals surface area contributed by atoms with Crippen LogP contribution in [-0.4, -0.2) is 24.8 Å². The van der Waals surface area contributed by atoms with Crippen molar-refractivity contribution in [1.29, 1.82) is 0 Å². The topological polar surface area (TPSA) is 21.3 Å². The highest BCUT2D eigenvalue weighted by molar-refractivity contribution is 4.98. The third-order valence-electron chi connectivity index (χ3n) is 1.81. The third-order valence-corrected chi connectivity index (χ3v) is 1.81. The molecule has 0 aromatic rings. The first-order chi connectivity index (χ1) is 6.49. The van der Waals surface area contributed by atoms with Crippen LogP contribution in [0.5, 0.6) is 0 Å². The van der Waals surface area contributed by atoms with Crippen molar-refractivity contribution in [3.63, 3.8) is 0 Å². The Kier molecular flexibility index (Phi) is 6.61. The molecule has 0 aliphatic carbocycles. The highest BCUT2D eigenvalue weighted by Gasteiger charge is 2.09. The van der Waals surface area contributed by atoms with Crippen molar-refractivity contribution >= 4 is 0 Å². The molecule has 0 bridgehead atoms. The minimum absolute atomic E-state index is 0.0575. The van der Waals surface area contributed by atoms with Crippen molar-refractivity contribution in [3.05, 3.63) is 0 Å². The summed E-state index contributed by atoms with van der Waals surface area (Å²) in [7, 11) is 0. The summed E-state index contributed by atoms with van der Waals surface area (Å²) in [6.07, 6.45) is 7.52. The molecule has 0 fully saturated rings. The van der Waals surface area contributed by atoms with E-state index in [1.54, 1.807) is 0 Å². The first-order valence-electron chi connectivity index (χ1n) is 5.33. The predicted octanol–water partition coefficient (Wildman–Crippen LogP) is 2.19. The summed E-state index contributed by atoms with van der Waals surface area (Å²) >= 11 is 0. The summed E-state index contributed by atoms with van der Waals surface area (Å²) in [6, 6.07) is 0.198. The Morgan fingerprint density at radius 2 is 2.07 bits per heavy atom. The van der Waals surface area contributed by atoms with E-state index >= 15 is 0 Å². The van der Waals surface area contributed by atoms with Gasteiger partial charge < -0.3 is 10.1 Å². The summed E-state index contributed by atoms with van der Waals surface area (Å²) in [5.41, 5.74) is -0.0575. The number of terminal acetylenes is 1. The average molecular weight is 197 g/mol. The van der Waals surface area contributed by atoms with Crippen molar-refractivity contribution in [2.24, 2.45) is 0 Å². The van der Waals surface area contributed by atoms with E-state index in [0.717, 1.165) is 19.4 Å². The van der Waals surface area contributed by atoms with Gasteiger partial charge in [0, 0.05) is 6.54 Å². The molecule has 0 saturated carbocycles. The number of hydrogen-bond donors (Lipinski definition) is 1. The second-order valence-electron chi connectivity index (χ2n) is 4.42.